The maximum Gasteiger partial charge on any atom is 0.408 e. The molecule has 572 valence electrons. The standard InChI is InChI=1S/3C19H21NO5.C16H18O.C15H17NO/c3*1-12-8-9-15(10-13(12)2)17(21)16(18(22)23)20-19(24)25-11-14-6-4-3-5-7-14;1-13(2)16(17,14-9-5-3-6-10-14)15-11-7-4-8-12-15;1-12(16)15(17,13-8-4-2-5-9-13)14-10-6-3-7-11-14/h3*3-10,16-17,21H,11H2,1-2H3,(H,20,24)(H,22,23);3-13,17H,1-2H3;2-12,17H,16H2,1H3/t3*16-,17+;;12-/m000.0/s1. The monoisotopic (exact) mass is 1480 g/mol. The van der Waals surface area contributed by atoms with E-state index in [2.05, 4.69) is 21.7 Å². The van der Waals surface area contributed by atoms with Crippen LogP contribution < -0.4 is 26.8 Å². The van der Waals surface area contributed by atoms with Gasteiger partial charge < -0.3 is 81.5 Å². The molecule has 0 heterocycles. The Morgan fingerprint density at radius 3 is 0.807 bits per heavy atom. The predicted octanol–water partition coefficient (Wildman–Crippen LogP) is 11.9. The Morgan fingerprint density at radius 1 is 0.358 bits per heavy atom. The van der Waals surface area contributed by atoms with Crippen LogP contribution >= 0.6 is 0 Å². The predicted molar refractivity (Wildman–Crippen MR) is 413 cm³/mol. The fraction of sp³-hybridized carbons (Fsp3) is 0.250. The maximum absolute atomic E-state index is 11.9. The summed E-state index contributed by atoms with van der Waals surface area (Å²) >= 11 is 0. The number of aliphatic hydroxyl groups excluding tert-OH is 3. The first-order valence-corrected chi connectivity index (χ1v) is 35.3. The number of carbonyl (C=O) groups excluding carboxylic acids is 4. The van der Waals surface area contributed by atoms with Gasteiger partial charge in [0.25, 0.3) is 0 Å². The molecule has 21 heteroatoms. The summed E-state index contributed by atoms with van der Waals surface area (Å²) in [4.78, 5) is 69.8. The quantitative estimate of drug-likeness (QED) is 0.0250. The Balaban J connectivity index is 0.000000215. The summed E-state index contributed by atoms with van der Waals surface area (Å²) in [6.07, 6.45) is -6.98. The van der Waals surface area contributed by atoms with Gasteiger partial charge in [0, 0.05) is 0 Å². The van der Waals surface area contributed by atoms with Gasteiger partial charge >= 0.3 is 30.2 Å². The first kappa shape index (κ1) is 86.1. The number of ether oxygens (including phenoxy) is 3. The van der Waals surface area contributed by atoms with Crippen molar-refractivity contribution in [1.82, 2.24) is 16.0 Å². The highest BCUT2D eigenvalue weighted by Crippen LogP contribution is 2.37. The number of hydrogen-bond donors (Lipinski definition) is 11. The molecule has 0 radical (unpaired) electrons. The van der Waals surface area contributed by atoms with Crippen molar-refractivity contribution < 1.29 is 89.6 Å². The smallest absolute Gasteiger partial charge is 0.408 e. The third-order valence-electron chi connectivity index (χ3n) is 18.2. The van der Waals surface area contributed by atoms with Crippen molar-refractivity contribution in [1.29, 1.82) is 0 Å². The fourth-order valence-corrected chi connectivity index (χ4v) is 11.3. The van der Waals surface area contributed by atoms with E-state index in [-0.39, 0.29) is 31.8 Å². The van der Waals surface area contributed by atoms with Gasteiger partial charge in [0.15, 0.2) is 17.7 Å². The summed E-state index contributed by atoms with van der Waals surface area (Å²) < 4.78 is 15.0. The zero-order chi connectivity index (χ0) is 79.8. The number of alkyl carbamates (subject to hydrolysis) is 3. The van der Waals surface area contributed by atoms with Crippen LogP contribution in [0.1, 0.15) is 128 Å². The van der Waals surface area contributed by atoms with Gasteiger partial charge in [-0.2, -0.15) is 0 Å². The van der Waals surface area contributed by atoms with E-state index in [0.29, 0.717) is 16.7 Å². The lowest BCUT2D eigenvalue weighted by atomic mass is 9.78. The SMILES string of the molecule is CC(C)C(O)(c1ccccc1)c1ccccc1.C[C@H]([NH3+])C(O)(c1ccccc1)c1ccccc1.Cc1ccc([C@@H](O)[C@H](NC(=O)OCc2ccccc2)C(=O)O)cc1C.Cc1ccc([C@@H](O)[C@H](NC(=O)OCc2ccccc2)C(=O)O)cc1C.Cc1ccc([C@@H](O)[C@H](NC(=O)OCc2ccccc2)C(=O)[O-])cc1C. The highest BCUT2D eigenvalue weighted by Gasteiger charge is 2.39. The first-order chi connectivity index (χ1) is 51.9. The summed E-state index contributed by atoms with van der Waals surface area (Å²) in [7, 11) is 0. The van der Waals surface area contributed by atoms with Crippen LogP contribution in [0, 0.1) is 47.5 Å². The summed E-state index contributed by atoms with van der Waals surface area (Å²) in [6, 6.07) is 76.6. The van der Waals surface area contributed by atoms with Crippen molar-refractivity contribution in [3.63, 3.8) is 0 Å². The zero-order valence-corrected chi connectivity index (χ0v) is 62.6. The van der Waals surface area contributed by atoms with Crippen LogP contribution in [0.15, 0.2) is 267 Å². The second kappa shape index (κ2) is 42.5. The van der Waals surface area contributed by atoms with Crippen molar-refractivity contribution in [2.45, 2.75) is 136 Å². The molecule has 21 nitrogen and oxygen atoms in total. The summed E-state index contributed by atoms with van der Waals surface area (Å²) in [5.74, 6) is -4.17. The second-order valence-corrected chi connectivity index (χ2v) is 26.5. The van der Waals surface area contributed by atoms with E-state index in [9.17, 15) is 69.6 Å². The molecule has 3 amide bonds. The number of aliphatic hydroxyl groups is 5. The molecule has 0 fully saturated rings. The topological polar surface area (TPSA) is 359 Å². The van der Waals surface area contributed by atoms with Crippen LogP contribution in [0.2, 0.25) is 0 Å². The molecule has 0 saturated heterocycles. The van der Waals surface area contributed by atoms with E-state index >= 15 is 0 Å². The summed E-state index contributed by atoms with van der Waals surface area (Å²) in [6.45, 7) is 17.3. The molecular weight excluding hydrogens is 1380 g/mol. The van der Waals surface area contributed by atoms with Crippen molar-refractivity contribution >= 4 is 36.2 Å². The Kier molecular flexibility index (Phi) is 33.6. The van der Waals surface area contributed by atoms with Gasteiger partial charge in [0.05, 0.1) is 5.97 Å². The van der Waals surface area contributed by atoms with Crippen LogP contribution in [0.5, 0.6) is 0 Å². The van der Waals surface area contributed by atoms with Gasteiger partial charge in [-0.1, -0.05) is 281 Å². The minimum atomic E-state index is -1.62. The van der Waals surface area contributed by atoms with Crippen LogP contribution in [0.3, 0.4) is 0 Å². The Morgan fingerprint density at radius 2 is 0.587 bits per heavy atom. The molecule has 0 unspecified atom stereocenters. The Labute approximate surface area is 636 Å². The molecule has 7 atom stereocenters. The van der Waals surface area contributed by atoms with Crippen molar-refractivity contribution in [2.24, 2.45) is 5.92 Å². The zero-order valence-electron chi connectivity index (χ0n) is 62.6. The van der Waals surface area contributed by atoms with Crippen LogP contribution in [0.4, 0.5) is 14.4 Å². The fourth-order valence-electron chi connectivity index (χ4n) is 11.3. The van der Waals surface area contributed by atoms with Crippen molar-refractivity contribution in [2.75, 3.05) is 0 Å². The van der Waals surface area contributed by atoms with Crippen LogP contribution in [0.25, 0.3) is 0 Å². The minimum absolute atomic E-state index is 0.00776. The number of aryl methyl sites for hydroxylation is 6. The number of amides is 3. The number of nitrogens with one attached hydrogen (secondary N) is 3. The van der Waals surface area contributed by atoms with Gasteiger partial charge in [-0.3, -0.25) is 0 Å². The number of carbonyl (C=O) groups is 6. The normalized spacial score (nSPS) is 12.8. The Hall–Kier alpha value is -11.8. The van der Waals surface area contributed by atoms with Gasteiger partial charge in [-0.15, -0.1) is 0 Å². The number of benzene rings is 10. The molecule has 109 heavy (non-hydrogen) atoms. The van der Waals surface area contributed by atoms with Gasteiger partial charge in [-0.05, 0) is 143 Å². The number of quaternary nitrogens is 1. The lowest BCUT2D eigenvalue weighted by molar-refractivity contribution is -0.446. The van der Waals surface area contributed by atoms with E-state index in [1.54, 1.807) is 127 Å². The summed E-state index contributed by atoms with van der Waals surface area (Å²) in [5.41, 5.74) is 15.1. The maximum atomic E-state index is 11.9. The molecule has 0 spiro atoms. The Bertz CT molecular complexity index is 4000. The summed E-state index contributed by atoms with van der Waals surface area (Å²) in [5, 5.41) is 89.6. The molecular formula is C88H98N4O17. The van der Waals surface area contributed by atoms with Gasteiger partial charge in [0.2, 0.25) is 0 Å². The largest absolute Gasteiger partial charge is 0.548 e. The van der Waals surface area contributed by atoms with E-state index in [4.69, 9.17) is 14.2 Å². The molecule has 13 N–H and O–H groups in total. The first-order valence-electron chi connectivity index (χ1n) is 35.3. The minimum Gasteiger partial charge on any atom is -0.548 e. The lowest BCUT2D eigenvalue weighted by Gasteiger charge is -2.33. The molecule has 10 aromatic carbocycles. The highest BCUT2D eigenvalue weighted by molar-refractivity contribution is 5.82. The average Bonchev–Trinajstić information content (AvgIpc) is 0.789. The van der Waals surface area contributed by atoms with Crippen LogP contribution in [-0.2, 0) is 59.6 Å². The van der Waals surface area contributed by atoms with E-state index in [1.807, 2.05) is 202 Å². The van der Waals surface area contributed by atoms with Gasteiger partial charge in [0.1, 0.15) is 55.8 Å². The van der Waals surface area contributed by atoms with Crippen LogP contribution in [-0.4, -0.2) is 96.1 Å². The van der Waals surface area contributed by atoms with Crippen molar-refractivity contribution in [3.8, 4) is 0 Å². The second-order valence-electron chi connectivity index (χ2n) is 26.5. The number of carboxylic acid groups (broad SMARTS) is 3. The average molecular weight is 1480 g/mol. The number of carboxylic acids is 3. The molecule has 0 aliphatic carbocycles. The number of hydrogen-bond acceptors (Lipinski definition) is 15. The number of rotatable bonds is 24. The number of aliphatic carboxylic acids is 3. The molecule has 10 aromatic rings. The van der Waals surface area contributed by atoms with Crippen molar-refractivity contribution in [3.05, 3.63) is 356 Å². The van der Waals surface area contributed by atoms with Gasteiger partial charge in [-0.25, -0.2) is 24.0 Å². The third-order valence-corrected chi connectivity index (χ3v) is 18.2. The lowest BCUT2D eigenvalue weighted by Crippen LogP contribution is -2.68. The van der Waals surface area contributed by atoms with E-state index in [1.165, 1.54) is 0 Å². The third kappa shape index (κ3) is 25.7. The molecule has 0 aliphatic heterocycles. The molecule has 0 aliphatic rings. The molecule has 10 rings (SSSR count). The molecule has 0 aromatic heterocycles. The van der Waals surface area contributed by atoms with E-state index < -0.39 is 83.8 Å². The highest BCUT2D eigenvalue weighted by atomic mass is 16.6. The van der Waals surface area contributed by atoms with E-state index in [0.717, 1.165) is 72.3 Å². The molecule has 0 saturated carbocycles. The molecule has 0 bridgehead atoms.